The molecule has 0 fully saturated rings. The van der Waals surface area contributed by atoms with Crippen LogP contribution in [0, 0.1) is 6.92 Å². The summed E-state index contributed by atoms with van der Waals surface area (Å²) in [5.74, 6) is 0.122. The smallest absolute Gasteiger partial charge is 0.337 e. The van der Waals surface area contributed by atoms with Crippen molar-refractivity contribution in [1.82, 2.24) is 9.13 Å². The molecule has 0 unspecified atom stereocenters. The Morgan fingerprint density at radius 3 is 2.50 bits per heavy atom. The summed E-state index contributed by atoms with van der Waals surface area (Å²) in [7, 11) is 1.52. The van der Waals surface area contributed by atoms with E-state index in [-0.39, 0.29) is 6.54 Å². The van der Waals surface area contributed by atoms with Crippen LogP contribution in [0.1, 0.15) is 4.88 Å². The summed E-state index contributed by atoms with van der Waals surface area (Å²) < 4.78 is 7.70. The van der Waals surface area contributed by atoms with E-state index in [4.69, 9.17) is 4.74 Å². The average Bonchev–Trinajstić information content (AvgIpc) is 3.14. The molecule has 2 heterocycles. The number of hydrogen-bond acceptors (Lipinski definition) is 5. The van der Waals surface area contributed by atoms with Gasteiger partial charge in [-0.25, -0.2) is 9.36 Å². The van der Waals surface area contributed by atoms with Crippen LogP contribution in [0.5, 0.6) is 5.75 Å². The number of benzene rings is 2. The minimum atomic E-state index is -0.560. The third-order valence-corrected chi connectivity index (χ3v) is 5.71. The van der Waals surface area contributed by atoms with Crippen molar-refractivity contribution in [2.75, 3.05) is 12.4 Å². The highest BCUT2D eigenvalue weighted by Gasteiger charge is 2.19. The van der Waals surface area contributed by atoms with Gasteiger partial charge in [0.1, 0.15) is 17.1 Å². The van der Waals surface area contributed by atoms with Crippen molar-refractivity contribution in [2.24, 2.45) is 0 Å². The molecular formula is C22H19N3O4S. The third-order valence-electron chi connectivity index (χ3n) is 4.63. The molecule has 8 heteroatoms. The highest BCUT2D eigenvalue weighted by atomic mass is 32.1. The molecule has 0 radical (unpaired) electrons. The zero-order valence-corrected chi connectivity index (χ0v) is 17.2. The van der Waals surface area contributed by atoms with Gasteiger partial charge in [-0.1, -0.05) is 30.3 Å². The number of rotatable bonds is 5. The van der Waals surface area contributed by atoms with Gasteiger partial charge in [-0.2, -0.15) is 0 Å². The Bertz CT molecular complexity index is 1350. The minimum absolute atomic E-state index is 0.236. The quantitative estimate of drug-likeness (QED) is 0.537. The largest absolute Gasteiger partial charge is 0.495 e. The van der Waals surface area contributed by atoms with E-state index in [1.807, 2.05) is 6.92 Å². The Morgan fingerprint density at radius 2 is 1.77 bits per heavy atom. The van der Waals surface area contributed by atoms with Crippen LogP contribution in [0.3, 0.4) is 0 Å². The first-order chi connectivity index (χ1) is 14.5. The summed E-state index contributed by atoms with van der Waals surface area (Å²) in [6, 6.07) is 17.5. The summed E-state index contributed by atoms with van der Waals surface area (Å²) in [5, 5.41) is 3.18. The Balaban J connectivity index is 1.81. The SMILES string of the molecule is COc1ccccc1NC(=O)Cn1c(=O)n(-c2ccccc2)c(=O)c2cc(C)sc21. The van der Waals surface area contributed by atoms with Crippen molar-refractivity contribution >= 4 is 33.1 Å². The van der Waals surface area contributed by atoms with Gasteiger partial charge in [-0.05, 0) is 37.3 Å². The van der Waals surface area contributed by atoms with Crippen LogP contribution in [0.2, 0.25) is 0 Å². The molecule has 2 aromatic heterocycles. The third kappa shape index (κ3) is 3.53. The number of anilines is 1. The molecule has 0 saturated carbocycles. The maximum absolute atomic E-state index is 13.3. The van der Waals surface area contributed by atoms with Crippen molar-refractivity contribution in [3.63, 3.8) is 0 Å². The van der Waals surface area contributed by atoms with Gasteiger partial charge in [-0.15, -0.1) is 11.3 Å². The molecule has 2 aromatic carbocycles. The van der Waals surface area contributed by atoms with E-state index in [9.17, 15) is 14.4 Å². The predicted molar refractivity (Wildman–Crippen MR) is 118 cm³/mol. The van der Waals surface area contributed by atoms with E-state index in [0.29, 0.717) is 27.3 Å². The lowest BCUT2D eigenvalue weighted by atomic mass is 10.3. The molecule has 0 aliphatic carbocycles. The van der Waals surface area contributed by atoms with Crippen molar-refractivity contribution in [1.29, 1.82) is 0 Å². The predicted octanol–water partition coefficient (Wildman–Crippen LogP) is 3.17. The molecule has 0 bridgehead atoms. The molecule has 1 N–H and O–H groups in total. The molecule has 4 rings (SSSR count). The first-order valence-corrected chi connectivity index (χ1v) is 10.1. The maximum Gasteiger partial charge on any atom is 0.337 e. The highest BCUT2D eigenvalue weighted by Crippen LogP contribution is 2.24. The second kappa shape index (κ2) is 8.00. The van der Waals surface area contributed by atoms with Gasteiger partial charge in [0.2, 0.25) is 5.91 Å². The lowest BCUT2D eigenvalue weighted by Crippen LogP contribution is -2.40. The second-order valence-corrected chi connectivity index (χ2v) is 7.90. The number of fused-ring (bicyclic) bond motifs is 1. The fourth-order valence-corrected chi connectivity index (χ4v) is 4.29. The summed E-state index contributed by atoms with van der Waals surface area (Å²) in [6.07, 6.45) is 0. The van der Waals surface area contributed by atoms with Crippen molar-refractivity contribution in [2.45, 2.75) is 13.5 Å². The van der Waals surface area contributed by atoms with E-state index < -0.39 is 17.2 Å². The molecule has 1 amide bonds. The van der Waals surface area contributed by atoms with E-state index >= 15 is 0 Å². The summed E-state index contributed by atoms with van der Waals surface area (Å²) in [4.78, 5) is 40.4. The standard InChI is InChI=1S/C22H19N3O4S/c1-14-12-16-20(27)25(15-8-4-3-5-9-15)22(28)24(21(16)30-14)13-19(26)23-17-10-6-7-11-18(17)29-2/h3-12H,13H2,1-2H3,(H,23,26). The number of hydrogen-bond donors (Lipinski definition) is 1. The Labute approximate surface area is 175 Å². The number of para-hydroxylation sites is 3. The zero-order chi connectivity index (χ0) is 21.3. The van der Waals surface area contributed by atoms with Gasteiger partial charge in [0.25, 0.3) is 5.56 Å². The number of ether oxygens (including phenoxy) is 1. The molecule has 4 aromatic rings. The molecule has 0 aliphatic heterocycles. The topological polar surface area (TPSA) is 82.3 Å². The van der Waals surface area contributed by atoms with Crippen molar-refractivity contribution in [3.8, 4) is 11.4 Å². The minimum Gasteiger partial charge on any atom is -0.495 e. The maximum atomic E-state index is 13.3. The molecule has 0 aliphatic rings. The molecule has 0 spiro atoms. The van der Waals surface area contributed by atoms with Crippen LogP contribution < -0.4 is 21.3 Å². The first-order valence-electron chi connectivity index (χ1n) is 9.24. The molecule has 0 atom stereocenters. The number of methoxy groups -OCH3 is 1. The number of amides is 1. The molecule has 7 nitrogen and oxygen atoms in total. The number of aryl methyl sites for hydroxylation is 1. The number of carbonyl (C=O) groups excluding carboxylic acids is 1. The Hall–Kier alpha value is -3.65. The molecule has 0 saturated heterocycles. The van der Waals surface area contributed by atoms with Gasteiger partial charge in [0.15, 0.2) is 0 Å². The number of carbonyl (C=O) groups is 1. The van der Waals surface area contributed by atoms with E-state index in [1.54, 1.807) is 60.7 Å². The van der Waals surface area contributed by atoms with Crippen LogP contribution >= 0.6 is 11.3 Å². The van der Waals surface area contributed by atoms with Gasteiger partial charge in [0, 0.05) is 4.88 Å². The molecule has 30 heavy (non-hydrogen) atoms. The number of thiophene rings is 1. The highest BCUT2D eigenvalue weighted by molar-refractivity contribution is 7.18. The fraction of sp³-hybridized carbons (Fsp3) is 0.136. The fourth-order valence-electron chi connectivity index (χ4n) is 3.30. The van der Waals surface area contributed by atoms with Crippen LogP contribution in [0.4, 0.5) is 5.69 Å². The Morgan fingerprint density at radius 1 is 1.07 bits per heavy atom. The van der Waals surface area contributed by atoms with Gasteiger partial charge < -0.3 is 10.1 Å². The van der Waals surface area contributed by atoms with E-state index in [1.165, 1.54) is 23.0 Å². The van der Waals surface area contributed by atoms with Crippen molar-refractivity contribution in [3.05, 3.63) is 86.4 Å². The number of aromatic nitrogens is 2. The summed E-state index contributed by atoms with van der Waals surface area (Å²) in [6.45, 7) is 1.63. The van der Waals surface area contributed by atoms with Crippen LogP contribution in [0.15, 0.2) is 70.3 Å². The average molecular weight is 421 g/mol. The lowest BCUT2D eigenvalue weighted by Gasteiger charge is -2.13. The Kier molecular flexibility index (Phi) is 5.24. The van der Waals surface area contributed by atoms with Crippen LogP contribution in [-0.4, -0.2) is 22.2 Å². The van der Waals surface area contributed by atoms with Gasteiger partial charge in [-0.3, -0.25) is 14.2 Å². The van der Waals surface area contributed by atoms with Crippen LogP contribution in [-0.2, 0) is 11.3 Å². The zero-order valence-electron chi connectivity index (χ0n) is 16.4. The van der Waals surface area contributed by atoms with Gasteiger partial charge in [0.05, 0.1) is 23.9 Å². The number of nitrogens with zero attached hydrogens (tertiary/aromatic N) is 2. The molecular weight excluding hydrogens is 402 g/mol. The van der Waals surface area contributed by atoms with Crippen LogP contribution in [0.25, 0.3) is 15.9 Å². The van der Waals surface area contributed by atoms with Gasteiger partial charge >= 0.3 is 5.69 Å². The van der Waals surface area contributed by atoms with E-state index in [2.05, 4.69) is 5.32 Å². The lowest BCUT2D eigenvalue weighted by molar-refractivity contribution is -0.116. The summed E-state index contributed by atoms with van der Waals surface area (Å²) in [5.41, 5.74) is 0.00726. The molecule has 152 valence electrons. The van der Waals surface area contributed by atoms with E-state index in [0.717, 1.165) is 9.44 Å². The normalized spacial score (nSPS) is 10.9. The van der Waals surface area contributed by atoms with Crippen molar-refractivity contribution < 1.29 is 9.53 Å². The summed E-state index contributed by atoms with van der Waals surface area (Å²) >= 11 is 1.31. The first kappa shape index (κ1) is 19.7. The second-order valence-electron chi connectivity index (χ2n) is 6.67. The monoisotopic (exact) mass is 421 g/mol. The number of nitrogens with one attached hydrogen (secondary N) is 1.